The molecule has 0 aliphatic heterocycles. The summed E-state index contributed by atoms with van der Waals surface area (Å²) in [5.74, 6) is -0.443. The quantitative estimate of drug-likeness (QED) is 0.759. The third-order valence-corrected chi connectivity index (χ3v) is 4.63. The second-order valence-corrected chi connectivity index (χ2v) is 6.34. The summed E-state index contributed by atoms with van der Waals surface area (Å²) in [7, 11) is 0. The van der Waals surface area contributed by atoms with E-state index in [-0.39, 0.29) is 11.8 Å². The van der Waals surface area contributed by atoms with Gasteiger partial charge >= 0.3 is 0 Å². The van der Waals surface area contributed by atoms with E-state index < -0.39 is 0 Å². The lowest BCUT2D eigenvalue weighted by molar-refractivity contribution is 0.102. The number of thiazole rings is 2. The van der Waals surface area contributed by atoms with Crippen LogP contribution in [-0.4, -0.2) is 21.8 Å². The Morgan fingerprint density at radius 3 is 2.39 bits per heavy atom. The van der Waals surface area contributed by atoms with Crippen LogP contribution < -0.4 is 10.6 Å². The van der Waals surface area contributed by atoms with Crippen LogP contribution in [0.25, 0.3) is 0 Å². The Balaban J connectivity index is 1.66. The Kier molecular flexibility index (Phi) is 4.45. The first-order valence-electron chi connectivity index (χ1n) is 6.66. The second-order valence-electron chi connectivity index (χ2n) is 4.59. The number of rotatable bonds is 4. The molecule has 6 nitrogen and oxygen atoms in total. The Morgan fingerprint density at radius 1 is 1.00 bits per heavy atom. The summed E-state index contributed by atoms with van der Waals surface area (Å²) < 4.78 is 0. The molecule has 1 aromatic carbocycles. The van der Waals surface area contributed by atoms with Crippen molar-refractivity contribution in [3.05, 3.63) is 57.5 Å². The van der Waals surface area contributed by atoms with Crippen LogP contribution in [0.2, 0.25) is 0 Å². The van der Waals surface area contributed by atoms with Gasteiger partial charge in [0.1, 0.15) is 4.88 Å². The number of aryl methyl sites for hydroxylation is 1. The SMILES string of the molecule is Cc1ncsc1C(=O)Nc1ccc(C(=O)Nc2nccs2)cc1. The summed E-state index contributed by atoms with van der Waals surface area (Å²) >= 11 is 2.65. The summed E-state index contributed by atoms with van der Waals surface area (Å²) in [6.07, 6.45) is 1.63. The molecule has 2 amide bonds. The standard InChI is InChI=1S/C15H12N4O2S2/c1-9-12(23-8-17-9)14(21)18-11-4-2-10(3-5-11)13(20)19-15-16-6-7-22-15/h2-8H,1H3,(H,18,21)(H,16,19,20). The van der Waals surface area contributed by atoms with Crippen LogP contribution in [-0.2, 0) is 0 Å². The Hall–Kier alpha value is -2.58. The molecule has 2 heterocycles. The number of amides is 2. The molecular weight excluding hydrogens is 332 g/mol. The van der Waals surface area contributed by atoms with Gasteiger partial charge in [-0.3, -0.25) is 14.9 Å². The largest absolute Gasteiger partial charge is 0.321 e. The summed E-state index contributed by atoms with van der Waals surface area (Å²) in [6, 6.07) is 6.67. The van der Waals surface area contributed by atoms with Crippen LogP contribution in [0.15, 0.2) is 41.4 Å². The minimum absolute atomic E-state index is 0.204. The topological polar surface area (TPSA) is 84.0 Å². The molecule has 0 saturated heterocycles. The summed E-state index contributed by atoms with van der Waals surface area (Å²) in [5, 5.41) is 7.83. The molecule has 0 spiro atoms. The number of carbonyl (C=O) groups is 2. The van der Waals surface area contributed by atoms with Crippen LogP contribution in [0, 0.1) is 6.92 Å². The molecule has 3 aromatic rings. The van der Waals surface area contributed by atoms with E-state index in [9.17, 15) is 9.59 Å². The van der Waals surface area contributed by atoms with Crippen LogP contribution in [0.4, 0.5) is 10.8 Å². The zero-order valence-electron chi connectivity index (χ0n) is 12.1. The van der Waals surface area contributed by atoms with Crippen LogP contribution >= 0.6 is 22.7 Å². The first kappa shape index (κ1) is 15.3. The van der Waals surface area contributed by atoms with E-state index in [2.05, 4.69) is 20.6 Å². The predicted molar refractivity (Wildman–Crippen MR) is 91.3 cm³/mol. The lowest BCUT2D eigenvalue weighted by Gasteiger charge is -2.06. The predicted octanol–water partition coefficient (Wildman–Crippen LogP) is 3.41. The number of carbonyl (C=O) groups excluding carboxylic acids is 2. The van der Waals surface area contributed by atoms with Gasteiger partial charge in [0.25, 0.3) is 11.8 Å². The van der Waals surface area contributed by atoms with Crippen LogP contribution in [0.5, 0.6) is 0 Å². The molecule has 0 aliphatic rings. The average Bonchev–Trinajstić information content (AvgIpc) is 3.19. The first-order valence-corrected chi connectivity index (χ1v) is 8.42. The van der Waals surface area contributed by atoms with Gasteiger partial charge in [0.2, 0.25) is 0 Å². The Labute approximate surface area is 140 Å². The molecule has 0 saturated carbocycles. The van der Waals surface area contributed by atoms with Crippen molar-refractivity contribution in [2.75, 3.05) is 10.6 Å². The summed E-state index contributed by atoms with van der Waals surface area (Å²) in [6.45, 7) is 1.79. The van der Waals surface area contributed by atoms with E-state index in [1.54, 1.807) is 48.3 Å². The van der Waals surface area contributed by atoms with Gasteiger partial charge in [-0.05, 0) is 31.2 Å². The van der Waals surface area contributed by atoms with Gasteiger partial charge in [-0.15, -0.1) is 22.7 Å². The highest BCUT2D eigenvalue weighted by atomic mass is 32.1. The Bertz CT molecular complexity index is 826. The van der Waals surface area contributed by atoms with E-state index in [1.165, 1.54) is 22.7 Å². The molecule has 3 rings (SSSR count). The van der Waals surface area contributed by atoms with Crippen molar-refractivity contribution in [2.45, 2.75) is 6.92 Å². The number of hydrogen-bond acceptors (Lipinski definition) is 6. The number of aromatic nitrogens is 2. The van der Waals surface area contributed by atoms with E-state index >= 15 is 0 Å². The second kappa shape index (κ2) is 6.67. The van der Waals surface area contributed by atoms with Gasteiger partial charge in [-0.1, -0.05) is 0 Å². The van der Waals surface area contributed by atoms with E-state index in [4.69, 9.17) is 0 Å². The third kappa shape index (κ3) is 3.61. The smallest absolute Gasteiger partial charge is 0.267 e. The Morgan fingerprint density at radius 2 is 1.78 bits per heavy atom. The summed E-state index contributed by atoms with van der Waals surface area (Å²) in [5.41, 5.74) is 3.45. The van der Waals surface area contributed by atoms with Gasteiger partial charge in [0.05, 0.1) is 11.2 Å². The minimum Gasteiger partial charge on any atom is -0.321 e. The number of nitrogens with one attached hydrogen (secondary N) is 2. The van der Waals surface area contributed by atoms with E-state index in [0.717, 1.165) is 0 Å². The molecule has 2 N–H and O–H groups in total. The van der Waals surface area contributed by atoms with Crippen molar-refractivity contribution in [3.8, 4) is 0 Å². The van der Waals surface area contributed by atoms with Gasteiger partial charge in [-0.2, -0.15) is 0 Å². The molecule has 116 valence electrons. The van der Waals surface area contributed by atoms with Gasteiger partial charge < -0.3 is 5.32 Å². The van der Waals surface area contributed by atoms with Crippen LogP contribution in [0.3, 0.4) is 0 Å². The first-order chi connectivity index (χ1) is 11.1. The molecular formula is C15H12N4O2S2. The average molecular weight is 344 g/mol. The van der Waals surface area contributed by atoms with E-state index in [1.807, 2.05) is 0 Å². The molecule has 0 atom stereocenters. The van der Waals surface area contributed by atoms with Crippen molar-refractivity contribution in [2.24, 2.45) is 0 Å². The number of anilines is 2. The third-order valence-electron chi connectivity index (χ3n) is 3.01. The van der Waals surface area contributed by atoms with Crippen molar-refractivity contribution in [3.63, 3.8) is 0 Å². The maximum absolute atomic E-state index is 12.1. The van der Waals surface area contributed by atoms with Crippen molar-refractivity contribution < 1.29 is 9.59 Å². The van der Waals surface area contributed by atoms with Crippen LogP contribution in [0.1, 0.15) is 25.7 Å². The molecule has 0 unspecified atom stereocenters. The van der Waals surface area contributed by atoms with Crippen molar-refractivity contribution in [1.29, 1.82) is 0 Å². The molecule has 2 aromatic heterocycles. The maximum atomic E-state index is 12.1. The lowest BCUT2D eigenvalue weighted by Crippen LogP contribution is -2.13. The zero-order valence-corrected chi connectivity index (χ0v) is 13.7. The number of nitrogens with zero attached hydrogens (tertiary/aromatic N) is 2. The minimum atomic E-state index is -0.240. The van der Waals surface area contributed by atoms with Crippen molar-refractivity contribution in [1.82, 2.24) is 9.97 Å². The number of benzene rings is 1. The zero-order chi connectivity index (χ0) is 16.2. The molecule has 0 bridgehead atoms. The fourth-order valence-electron chi connectivity index (χ4n) is 1.87. The molecule has 0 aliphatic carbocycles. The molecule has 0 fully saturated rings. The summed E-state index contributed by atoms with van der Waals surface area (Å²) in [4.78, 5) is 32.8. The number of hydrogen-bond donors (Lipinski definition) is 2. The maximum Gasteiger partial charge on any atom is 0.267 e. The highest BCUT2D eigenvalue weighted by Crippen LogP contribution is 2.17. The normalized spacial score (nSPS) is 10.3. The monoisotopic (exact) mass is 344 g/mol. The molecule has 23 heavy (non-hydrogen) atoms. The van der Waals surface area contributed by atoms with Gasteiger partial charge in [0.15, 0.2) is 5.13 Å². The van der Waals surface area contributed by atoms with E-state index in [0.29, 0.717) is 27.0 Å². The van der Waals surface area contributed by atoms with Gasteiger partial charge in [-0.25, -0.2) is 9.97 Å². The van der Waals surface area contributed by atoms with Crippen molar-refractivity contribution >= 4 is 45.3 Å². The highest BCUT2D eigenvalue weighted by Gasteiger charge is 2.12. The molecule has 8 heteroatoms. The fourth-order valence-corrected chi connectivity index (χ4v) is 3.09. The molecule has 0 radical (unpaired) electrons. The fraction of sp³-hybridized carbons (Fsp3) is 0.0667. The highest BCUT2D eigenvalue weighted by molar-refractivity contribution is 7.13. The van der Waals surface area contributed by atoms with Gasteiger partial charge in [0, 0.05) is 22.8 Å². The lowest BCUT2D eigenvalue weighted by atomic mass is 10.2.